The van der Waals surface area contributed by atoms with Crippen molar-refractivity contribution in [2.24, 2.45) is 0 Å². The van der Waals surface area contributed by atoms with E-state index in [9.17, 15) is 4.79 Å². The molecule has 4 rings (SSSR count). The van der Waals surface area contributed by atoms with Gasteiger partial charge in [0.1, 0.15) is 4.88 Å². The van der Waals surface area contributed by atoms with Crippen LogP contribution in [0.4, 0.5) is 5.13 Å². The van der Waals surface area contributed by atoms with Crippen molar-refractivity contribution in [3.63, 3.8) is 0 Å². The number of amides is 1. The van der Waals surface area contributed by atoms with E-state index >= 15 is 0 Å². The minimum absolute atomic E-state index is 0.261. The Bertz CT molecular complexity index is 1150. The van der Waals surface area contributed by atoms with Gasteiger partial charge in [0.15, 0.2) is 5.13 Å². The maximum absolute atomic E-state index is 12.6. The highest BCUT2D eigenvalue weighted by molar-refractivity contribution is 7.22. The van der Waals surface area contributed by atoms with Gasteiger partial charge in [-0.25, -0.2) is 4.98 Å². The molecule has 1 N–H and O–H groups in total. The van der Waals surface area contributed by atoms with Crippen LogP contribution in [0.15, 0.2) is 48.7 Å². The van der Waals surface area contributed by atoms with Crippen LogP contribution in [-0.4, -0.2) is 10.9 Å². The Labute approximate surface area is 178 Å². The Morgan fingerprint density at radius 2 is 1.81 bits per heavy atom. The van der Waals surface area contributed by atoms with Crippen molar-refractivity contribution in [2.45, 2.75) is 6.42 Å². The highest BCUT2D eigenvalue weighted by Gasteiger charge is 2.18. The standard InChI is InChI=1S/C19H11Cl3N2OS2/c20-13-6-3-4-10(15(13)21)8-11-9-23-19(26-11)24-18(25)17-16(22)12-5-1-2-7-14(12)27-17/h1-7,9H,8H2,(H,23,24,25). The van der Waals surface area contributed by atoms with Crippen LogP contribution in [0.3, 0.4) is 0 Å². The van der Waals surface area contributed by atoms with Crippen LogP contribution in [0, 0.1) is 0 Å². The zero-order valence-electron chi connectivity index (χ0n) is 13.6. The molecule has 1 amide bonds. The SMILES string of the molecule is O=C(Nc1ncc(Cc2cccc(Cl)c2Cl)s1)c1sc2ccccc2c1Cl. The number of rotatable bonds is 4. The van der Waals surface area contributed by atoms with E-state index in [4.69, 9.17) is 34.8 Å². The molecule has 0 fully saturated rings. The van der Waals surface area contributed by atoms with Gasteiger partial charge in [0.25, 0.3) is 5.91 Å². The molecule has 2 aromatic heterocycles. The minimum Gasteiger partial charge on any atom is -0.297 e. The summed E-state index contributed by atoms with van der Waals surface area (Å²) in [6, 6.07) is 13.2. The average Bonchev–Trinajstić information content (AvgIpc) is 3.24. The third-order valence-corrected chi connectivity index (χ3v) is 7.36. The Balaban J connectivity index is 1.52. The number of benzene rings is 2. The molecule has 0 atom stereocenters. The summed E-state index contributed by atoms with van der Waals surface area (Å²) in [4.78, 5) is 18.3. The van der Waals surface area contributed by atoms with E-state index in [1.165, 1.54) is 22.7 Å². The van der Waals surface area contributed by atoms with Gasteiger partial charge in [0.2, 0.25) is 0 Å². The predicted octanol–water partition coefficient (Wildman–Crippen LogP) is 7.16. The molecule has 8 heteroatoms. The number of carbonyl (C=O) groups is 1. The lowest BCUT2D eigenvalue weighted by atomic mass is 10.1. The summed E-state index contributed by atoms with van der Waals surface area (Å²) in [6.07, 6.45) is 2.32. The molecule has 0 saturated heterocycles. The number of hydrogen-bond donors (Lipinski definition) is 1. The number of hydrogen-bond acceptors (Lipinski definition) is 4. The van der Waals surface area contributed by atoms with Crippen molar-refractivity contribution in [1.82, 2.24) is 4.98 Å². The highest BCUT2D eigenvalue weighted by atomic mass is 35.5. The number of aromatic nitrogens is 1. The molecule has 2 aromatic carbocycles. The lowest BCUT2D eigenvalue weighted by Crippen LogP contribution is -2.10. The molecule has 0 aliphatic carbocycles. The van der Waals surface area contributed by atoms with Crippen molar-refractivity contribution < 1.29 is 4.79 Å². The Kier molecular flexibility index (Phi) is 5.39. The molecule has 0 unspecified atom stereocenters. The van der Waals surface area contributed by atoms with Gasteiger partial charge in [0, 0.05) is 27.6 Å². The number of thiazole rings is 1. The first kappa shape index (κ1) is 18.7. The summed E-state index contributed by atoms with van der Waals surface area (Å²) in [5.41, 5.74) is 0.915. The lowest BCUT2D eigenvalue weighted by Gasteiger charge is -2.03. The van der Waals surface area contributed by atoms with E-state index in [1.54, 1.807) is 12.3 Å². The predicted molar refractivity (Wildman–Crippen MR) is 116 cm³/mol. The van der Waals surface area contributed by atoms with Crippen LogP contribution >= 0.6 is 57.5 Å². The number of nitrogens with zero attached hydrogens (tertiary/aromatic N) is 1. The Hall–Kier alpha value is -1.63. The van der Waals surface area contributed by atoms with E-state index in [2.05, 4.69) is 10.3 Å². The van der Waals surface area contributed by atoms with Crippen LogP contribution < -0.4 is 5.32 Å². The van der Waals surface area contributed by atoms with Gasteiger partial charge >= 0.3 is 0 Å². The first-order chi connectivity index (χ1) is 13.0. The van der Waals surface area contributed by atoms with Gasteiger partial charge in [-0.15, -0.1) is 22.7 Å². The molecule has 0 aliphatic rings. The van der Waals surface area contributed by atoms with Gasteiger partial charge in [-0.1, -0.05) is 65.1 Å². The maximum atomic E-state index is 12.6. The molecule has 0 aliphatic heterocycles. The van der Waals surface area contributed by atoms with E-state index < -0.39 is 0 Å². The smallest absolute Gasteiger partial charge is 0.269 e. The van der Waals surface area contributed by atoms with Crippen molar-refractivity contribution in [3.05, 3.63) is 79.0 Å². The second-order valence-corrected chi connectivity index (χ2v) is 9.05. The van der Waals surface area contributed by atoms with Crippen molar-refractivity contribution in [3.8, 4) is 0 Å². The van der Waals surface area contributed by atoms with Crippen molar-refractivity contribution in [2.75, 3.05) is 5.32 Å². The van der Waals surface area contributed by atoms with Crippen molar-refractivity contribution in [1.29, 1.82) is 0 Å². The van der Waals surface area contributed by atoms with Gasteiger partial charge < -0.3 is 0 Å². The molecule has 0 bridgehead atoms. The molecule has 27 heavy (non-hydrogen) atoms. The summed E-state index contributed by atoms with van der Waals surface area (Å²) in [5, 5.41) is 5.75. The number of nitrogens with one attached hydrogen (secondary N) is 1. The molecular formula is C19H11Cl3N2OS2. The van der Waals surface area contributed by atoms with Gasteiger partial charge in [-0.05, 0) is 17.7 Å². The first-order valence-corrected chi connectivity index (χ1v) is 10.7. The van der Waals surface area contributed by atoms with E-state index in [0.29, 0.717) is 31.5 Å². The third-order valence-electron chi connectivity index (χ3n) is 3.91. The second-order valence-electron chi connectivity index (χ2n) is 5.72. The van der Waals surface area contributed by atoms with E-state index in [0.717, 1.165) is 20.5 Å². The largest absolute Gasteiger partial charge is 0.297 e. The molecule has 136 valence electrons. The van der Waals surface area contributed by atoms with Crippen LogP contribution in [0.25, 0.3) is 10.1 Å². The highest BCUT2D eigenvalue weighted by Crippen LogP contribution is 2.36. The monoisotopic (exact) mass is 452 g/mol. The molecule has 0 radical (unpaired) electrons. The Morgan fingerprint density at radius 3 is 2.63 bits per heavy atom. The number of carbonyl (C=O) groups excluding carboxylic acids is 1. The van der Waals surface area contributed by atoms with Crippen LogP contribution in [0.2, 0.25) is 15.1 Å². The summed E-state index contributed by atoms with van der Waals surface area (Å²) >= 11 is 21.4. The minimum atomic E-state index is -0.261. The number of anilines is 1. The van der Waals surface area contributed by atoms with Crippen LogP contribution in [0.5, 0.6) is 0 Å². The van der Waals surface area contributed by atoms with Crippen LogP contribution in [-0.2, 0) is 6.42 Å². The number of halogens is 3. The lowest BCUT2D eigenvalue weighted by molar-refractivity contribution is 0.103. The molecule has 2 heterocycles. The normalized spacial score (nSPS) is 11.1. The molecule has 3 nitrogen and oxygen atoms in total. The molecule has 4 aromatic rings. The summed E-state index contributed by atoms with van der Waals surface area (Å²) < 4.78 is 0.975. The fourth-order valence-electron chi connectivity index (χ4n) is 2.63. The summed E-state index contributed by atoms with van der Waals surface area (Å²) in [5.74, 6) is -0.261. The van der Waals surface area contributed by atoms with Gasteiger partial charge in [-0.2, -0.15) is 0 Å². The number of fused-ring (bicyclic) bond motifs is 1. The number of thiophene rings is 1. The molecule has 0 saturated carbocycles. The fraction of sp³-hybridized carbons (Fsp3) is 0.0526. The maximum Gasteiger partial charge on any atom is 0.269 e. The molecule has 0 spiro atoms. The topological polar surface area (TPSA) is 42.0 Å². The first-order valence-electron chi connectivity index (χ1n) is 7.89. The Morgan fingerprint density at radius 1 is 1.00 bits per heavy atom. The fourth-order valence-corrected chi connectivity index (χ4v) is 5.26. The second kappa shape index (κ2) is 7.78. The molecular weight excluding hydrogens is 443 g/mol. The van der Waals surface area contributed by atoms with E-state index in [1.807, 2.05) is 36.4 Å². The van der Waals surface area contributed by atoms with Gasteiger partial charge in [-0.3, -0.25) is 10.1 Å². The average molecular weight is 454 g/mol. The van der Waals surface area contributed by atoms with Crippen molar-refractivity contribution >= 4 is 78.6 Å². The van der Waals surface area contributed by atoms with Gasteiger partial charge in [0.05, 0.1) is 15.1 Å². The zero-order chi connectivity index (χ0) is 19.0. The summed E-state index contributed by atoms with van der Waals surface area (Å²) in [6.45, 7) is 0. The third kappa shape index (κ3) is 3.84. The van der Waals surface area contributed by atoms with E-state index in [-0.39, 0.29) is 5.91 Å². The zero-order valence-corrected chi connectivity index (χ0v) is 17.5. The van der Waals surface area contributed by atoms with Crippen LogP contribution in [0.1, 0.15) is 20.1 Å². The summed E-state index contributed by atoms with van der Waals surface area (Å²) in [7, 11) is 0. The quantitative estimate of drug-likeness (QED) is 0.356.